The number of carbonyl (C=O) groups excluding carboxylic acids is 2. The second-order valence-corrected chi connectivity index (χ2v) is 5.14. The summed E-state index contributed by atoms with van der Waals surface area (Å²) in [7, 11) is 0. The van der Waals surface area contributed by atoms with Crippen molar-refractivity contribution in [3.63, 3.8) is 0 Å². The first-order chi connectivity index (χ1) is 9.49. The van der Waals surface area contributed by atoms with Crippen LogP contribution in [0, 0.1) is 0 Å². The van der Waals surface area contributed by atoms with Crippen LogP contribution in [0.3, 0.4) is 0 Å². The third kappa shape index (κ3) is 6.68. The maximum atomic E-state index is 11.9. The molecule has 1 aromatic carbocycles. The van der Waals surface area contributed by atoms with Crippen LogP contribution in [0.5, 0.6) is 0 Å². The number of hydrogen-bond donors (Lipinski definition) is 1. The van der Waals surface area contributed by atoms with E-state index in [0.717, 1.165) is 0 Å². The number of benzene rings is 1. The lowest BCUT2D eigenvalue weighted by atomic mass is 10.1. The topological polar surface area (TPSA) is 55.4 Å². The van der Waals surface area contributed by atoms with Crippen molar-refractivity contribution in [3.8, 4) is 0 Å². The van der Waals surface area contributed by atoms with Crippen molar-refractivity contribution in [3.05, 3.63) is 34.9 Å². The summed E-state index contributed by atoms with van der Waals surface area (Å²) in [5.41, 5.74) is 0.536. The first-order valence-corrected chi connectivity index (χ1v) is 7.04. The number of hydrogen-bond acceptors (Lipinski definition) is 3. The summed E-state index contributed by atoms with van der Waals surface area (Å²) >= 11 is 5.82. The Morgan fingerprint density at radius 3 is 2.70 bits per heavy atom. The van der Waals surface area contributed by atoms with Crippen molar-refractivity contribution in [1.29, 1.82) is 0 Å². The fourth-order valence-corrected chi connectivity index (χ4v) is 1.80. The van der Waals surface area contributed by atoms with E-state index in [9.17, 15) is 9.59 Å². The zero-order chi connectivity index (χ0) is 15.0. The highest BCUT2D eigenvalue weighted by Gasteiger charge is 2.09. The van der Waals surface area contributed by atoms with Gasteiger partial charge in [-0.05, 0) is 26.0 Å². The molecule has 0 atom stereocenters. The summed E-state index contributed by atoms with van der Waals surface area (Å²) in [4.78, 5) is 23.4. The van der Waals surface area contributed by atoms with Gasteiger partial charge in [0, 0.05) is 30.0 Å². The highest BCUT2D eigenvalue weighted by Crippen LogP contribution is 2.12. The minimum absolute atomic E-state index is 0.0823. The average molecular weight is 298 g/mol. The van der Waals surface area contributed by atoms with E-state index in [-0.39, 0.29) is 30.6 Å². The molecule has 0 radical (unpaired) electrons. The molecule has 110 valence electrons. The molecule has 0 bridgehead atoms. The van der Waals surface area contributed by atoms with Crippen molar-refractivity contribution in [2.45, 2.75) is 32.8 Å². The lowest BCUT2D eigenvalue weighted by Gasteiger charge is -2.08. The number of nitrogens with one attached hydrogen (secondary N) is 1. The smallest absolute Gasteiger partial charge is 0.220 e. The molecule has 0 aliphatic rings. The molecule has 0 saturated heterocycles. The molecule has 0 aliphatic carbocycles. The Balaban J connectivity index is 2.25. The van der Waals surface area contributed by atoms with Crippen LogP contribution in [-0.2, 0) is 9.53 Å². The lowest BCUT2D eigenvalue weighted by Crippen LogP contribution is -2.28. The Morgan fingerprint density at radius 2 is 2.05 bits per heavy atom. The predicted octanol–water partition coefficient (Wildman–Crippen LogP) is 2.84. The maximum Gasteiger partial charge on any atom is 0.220 e. The van der Waals surface area contributed by atoms with Crippen LogP contribution in [0.4, 0.5) is 0 Å². The van der Waals surface area contributed by atoms with Gasteiger partial charge in [-0.15, -0.1) is 0 Å². The summed E-state index contributed by atoms with van der Waals surface area (Å²) in [5.74, 6) is -0.228. The number of ether oxygens (including phenoxy) is 1. The Labute approximate surface area is 124 Å². The van der Waals surface area contributed by atoms with Crippen molar-refractivity contribution in [2.24, 2.45) is 0 Å². The predicted molar refractivity (Wildman–Crippen MR) is 79.1 cm³/mol. The Kier molecular flexibility index (Phi) is 7.26. The van der Waals surface area contributed by atoms with Gasteiger partial charge in [0.2, 0.25) is 5.91 Å². The number of amides is 1. The molecule has 1 aromatic rings. The monoisotopic (exact) mass is 297 g/mol. The maximum absolute atomic E-state index is 11.9. The molecule has 0 heterocycles. The molecule has 5 heteroatoms. The van der Waals surface area contributed by atoms with Gasteiger partial charge in [0.15, 0.2) is 5.78 Å². The standard InChI is InChI=1S/C15H20ClNO3/c1-11(2)20-9-8-17-15(19)7-6-14(18)12-4-3-5-13(16)10-12/h3-5,10-11H,6-9H2,1-2H3,(H,17,19). The molecule has 0 spiro atoms. The molecule has 0 aliphatic heterocycles. The van der Waals surface area contributed by atoms with E-state index in [1.807, 2.05) is 13.8 Å². The van der Waals surface area contributed by atoms with Gasteiger partial charge in [-0.25, -0.2) is 0 Å². The third-order valence-electron chi connectivity index (χ3n) is 2.60. The van der Waals surface area contributed by atoms with E-state index in [0.29, 0.717) is 23.7 Å². The van der Waals surface area contributed by atoms with Gasteiger partial charge >= 0.3 is 0 Å². The van der Waals surface area contributed by atoms with Gasteiger partial charge in [0.25, 0.3) is 0 Å². The van der Waals surface area contributed by atoms with Crippen LogP contribution in [0.2, 0.25) is 5.02 Å². The Morgan fingerprint density at radius 1 is 1.30 bits per heavy atom. The Bertz CT molecular complexity index is 460. The third-order valence-corrected chi connectivity index (χ3v) is 2.84. The molecular weight excluding hydrogens is 278 g/mol. The molecule has 1 amide bonds. The second kappa shape index (κ2) is 8.72. The SMILES string of the molecule is CC(C)OCCNC(=O)CCC(=O)c1cccc(Cl)c1. The van der Waals surface area contributed by atoms with Gasteiger partial charge < -0.3 is 10.1 Å². The minimum atomic E-state index is -0.146. The second-order valence-electron chi connectivity index (χ2n) is 4.70. The van der Waals surface area contributed by atoms with Crippen LogP contribution in [0.15, 0.2) is 24.3 Å². The fourth-order valence-electron chi connectivity index (χ4n) is 1.61. The van der Waals surface area contributed by atoms with Crippen LogP contribution in [-0.4, -0.2) is 30.9 Å². The van der Waals surface area contributed by atoms with Gasteiger partial charge in [-0.3, -0.25) is 9.59 Å². The van der Waals surface area contributed by atoms with Gasteiger partial charge in [0.1, 0.15) is 0 Å². The van der Waals surface area contributed by atoms with Crippen LogP contribution >= 0.6 is 11.6 Å². The molecule has 4 nitrogen and oxygen atoms in total. The molecule has 1 rings (SSSR count). The van der Waals surface area contributed by atoms with Gasteiger partial charge in [0.05, 0.1) is 12.7 Å². The molecule has 20 heavy (non-hydrogen) atoms. The normalized spacial score (nSPS) is 10.6. The van der Waals surface area contributed by atoms with Crippen LogP contribution in [0.25, 0.3) is 0 Å². The molecule has 0 saturated carbocycles. The summed E-state index contributed by atoms with van der Waals surface area (Å²) in [6.45, 7) is 4.81. The lowest BCUT2D eigenvalue weighted by molar-refractivity contribution is -0.121. The fraction of sp³-hybridized carbons (Fsp3) is 0.467. The van der Waals surface area contributed by atoms with Gasteiger partial charge in [-0.2, -0.15) is 0 Å². The minimum Gasteiger partial charge on any atom is -0.377 e. The average Bonchev–Trinajstić information content (AvgIpc) is 2.40. The summed E-state index contributed by atoms with van der Waals surface area (Å²) in [5, 5.41) is 3.23. The quantitative estimate of drug-likeness (QED) is 0.593. The summed E-state index contributed by atoms with van der Waals surface area (Å²) < 4.78 is 5.30. The van der Waals surface area contributed by atoms with E-state index in [4.69, 9.17) is 16.3 Å². The number of halogens is 1. The van der Waals surface area contributed by atoms with Crippen LogP contribution in [0.1, 0.15) is 37.0 Å². The molecule has 0 aromatic heterocycles. The van der Waals surface area contributed by atoms with E-state index >= 15 is 0 Å². The zero-order valence-electron chi connectivity index (χ0n) is 11.8. The van der Waals surface area contributed by atoms with Crippen LogP contribution < -0.4 is 5.32 Å². The first-order valence-electron chi connectivity index (χ1n) is 6.66. The first kappa shape index (κ1) is 16.7. The molecule has 0 unspecified atom stereocenters. The largest absolute Gasteiger partial charge is 0.377 e. The van der Waals surface area contributed by atoms with Crippen molar-refractivity contribution in [2.75, 3.05) is 13.2 Å². The highest BCUT2D eigenvalue weighted by molar-refractivity contribution is 6.31. The molecule has 0 fully saturated rings. The number of Topliss-reactive ketones (excluding diaryl/α,β-unsaturated/α-hetero) is 1. The molecular formula is C15H20ClNO3. The summed E-state index contributed by atoms with van der Waals surface area (Å²) in [6.07, 6.45) is 0.501. The number of rotatable bonds is 8. The zero-order valence-corrected chi connectivity index (χ0v) is 12.6. The van der Waals surface area contributed by atoms with E-state index in [2.05, 4.69) is 5.32 Å². The number of ketones is 1. The van der Waals surface area contributed by atoms with E-state index in [1.165, 1.54) is 0 Å². The van der Waals surface area contributed by atoms with E-state index < -0.39 is 0 Å². The molecule has 1 N–H and O–H groups in total. The van der Waals surface area contributed by atoms with Crippen molar-refractivity contribution in [1.82, 2.24) is 5.32 Å². The Hall–Kier alpha value is -1.39. The van der Waals surface area contributed by atoms with E-state index in [1.54, 1.807) is 24.3 Å². The van der Waals surface area contributed by atoms with Gasteiger partial charge in [-0.1, -0.05) is 23.7 Å². The van der Waals surface area contributed by atoms with Crippen molar-refractivity contribution >= 4 is 23.3 Å². The highest BCUT2D eigenvalue weighted by atomic mass is 35.5. The summed E-state index contributed by atoms with van der Waals surface area (Å²) in [6, 6.07) is 6.74. The van der Waals surface area contributed by atoms with Crippen molar-refractivity contribution < 1.29 is 14.3 Å². The number of carbonyl (C=O) groups is 2.